The number of carbonyl (C=O) groups excluding carboxylic acids is 1. The largest absolute Gasteiger partial charge is 0.349 e. The van der Waals surface area contributed by atoms with Crippen LogP contribution in [0.25, 0.3) is 16.7 Å². The van der Waals surface area contributed by atoms with Crippen LogP contribution in [0.5, 0.6) is 0 Å². The molecule has 4 rings (SSSR count). The van der Waals surface area contributed by atoms with E-state index in [-0.39, 0.29) is 11.9 Å². The minimum atomic E-state index is 0.0124. The first kappa shape index (κ1) is 17.8. The van der Waals surface area contributed by atoms with Gasteiger partial charge in [-0.15, -0.1) is 0 Å². The number of rotatable bonds is 3. The lowest BCUT2D eigenvalue weighted by molar-refractivity contribution is 0.0910. The molecule has 0 spiro atoms. The second-order valence-corrected chi connectivity index (χ2v) is 7.88. The van der Waals surface area contributed by atoms with Crippen molar-refractivity contribution < 1.29 is 4.79 Å². The molecule has 2 aromatic carbocycles. The van der Waals surface area contributed by atoms with Crippen LogP contribution in [0.1, 0.15) is 54.4 Å². The molecule has 2 atom stereocenters. The molecule has 1 heterocycles. The Kier molecular flexibility index (Phi) is 4.73. The van der Waals surface area contributed by atoms with Crippen LogP contribution in [0.4, 0.5) is 0 Å². The van der Waals surface area contributed by atoms with Crippen molar-refractivity contribution in [2.24, 2.45) is 5.92 Å². The fraction of sp³-hybridized carbons (Fsp3) is 0.391. The zero-order chi connectivity index (χ0) is 19.0. The first-order chi connectivity index (χ1) is 13.0. The average molecular weight is 361 g/mol. The molecule has 1 aromatic heterocycles. The van der Waals surface area contributed by atoms with E-state index in [0.717, 1.165) is 29.0 Å². The van der Waals surface area contributed by atoms with Crippen molar-refractivity contribution in [1.82, 2.24) is 14.9 Å². The number of aryl methyl sites for hydroxylation is 2. The second kappa shape index (κ2) is 7.18. The molecule has 0 saturated heterocycles. The Bertz CT molecular complexity index is 988. The number of amides is 1. The third-order valence-electron chi connectivity index (χ3n) is 5.77. The van der Waals surface area contributed by atoms with Gasteiger partial charge in [0, 0.05) is 17.3 Å². The van der Waals surface area contributed by atoms with Crippen LogP contribution < -0.4 is 5.32 Å². The summed E-state index contributed by atoms with van der Waals surface area (Å²) in [5, 5.41) is 3.24. The molecule has 1 saturated carbocycles. The number of fused-ring (bicyclic) bond motifs is 1. The van der Waals surface area contributed by atoms with E-state index in [1.165, 1.54) is 24.8 Å². The van der Waals surface area contributed by atoms with Crippen molar-refractivity contribution in [3.05, 3.63) is 59.4 Å². The van der Waals surface area contributed by atoms with Crippen LogP contribution >= 0.6 is 0 Å². The monoisotopic (exact) mass is 361 g/mol. The van der Waals surface area contributed by atoms with Crippen molar-refractivity contribution in [3.8, 4) is 5.69 Å². The number of aromatic nitrogens is 2. The maximum Gasteiger partial charge on any atom is 0.251 e. The second-order valence-electron chi connectivity index (χ2n) is 7.88. The van der Waals surface area contributed by atoms with Gasteiger partial charge in [-0.05, 0) is 68.5 Å². The SMILES string of the molecule is Cc1cccc(-n2c(C)nc3cc(C(=O)N[C@@H]4CCCC[C@H]4C)ccc32)c1. The Labute approximate surface area is 160 Å². The highest BCUT2D eigenvalue weighted by Crippen LogP contribution is 2.25. The summed E-state index contributed by atoms with van der Waals surface area (Å²) in [6.07, 6.45) is 4.75. The van der Waals surface area contributed by atoms with Gasteiger partial charge in [-0.25, -0.2) is 4.98 Å². The number of hydrogen-bond acceptors (Lipinski definition) is 2. The molecule has 1 aliphatic carbocycles. The van der Waals surface area contributed by atoms with Crippen LogP contribution in [0, 0.1) is 19.8 Å². The Balaban J connectivity index is 1.64. The molecule has 4 heteroatoms. The van der Waals surface area contributed by atoms with E-state index in [1.54, 1.807) is 0 Å². The van der Waals surface area contributed by atoms with Gasteiger partial charge in [0.1, 0.15) is 5.82 Å². The van der Waals surface area contributed by atoms with Gasteiger partial charge in [0.15, 0.2) is 0 Å². The summed E-state index contributed by atoms with van der Waals surface area (Å²) in [4.78, 5) is 17.5. The molecule has 0 radical (unpaired) electrons. The lowest BCUT2D eigenvalue weighted by Gasteiger charge is -2.29. The molecule has 1 aliphatic rings. The molecule has 4 nitrogen and oxygen atoms in total. The van der Waals surface area contributed by atoms with Crippen LogP contribution in [0.3, 0.4) is 0 Å². The van der Waals surface area contributed by atoms with E-state index in [1.807, 2.05) is 25.1 Å². The summed E-state index contributed by atoms with van der Waals surface area (Å²) in [5.74, 6) is 1.49. The van der Waals surface area contributed by atoms with Gasteiger partial charge in [-0.1, -0.05) is 31.9 Å². The maximum absolute atomic E-state index is 12.8. The van der Waals surface area contributed by atoms with Gasteiger partial charge >= 0.3 is 0 Å². The Hall–Kier alpha value is -2.62. The van der Waals surface area contributed by atoms with E-state index < -0.39 is 0 Å². The van der Waals surface area contributed by atoms with Gasteiger partial charge in [-0.3, -0.25) is 9.36 Å². The highest BCUT2D eigenvalue weighted by Gasteiger charge is 2.23. The summed E-state index contributed by atoms with van der Waals surface area (Å²) in [7, 11) is 0. The van der Waals surface area contributed by atoms with E-state index in [9.17, 15) is 4.79 Å². The third-order valence-corrected chi connectivity index (χ3v) is 5.77. The molecule has 3 aromatic rings. The van der Waals surface area contributed by atoms with Crippen LogP contribution in [0.2, 0.25) is 0 Å². The van der Waals surface area contributed by atoms with E-state index >= 15 is 0 Å². The number of imidazole rings is 1. The zero-order valence-electron chi connectivity index (χ0n) is 16.3. The minimum Gasteiger partial charge on any atom is -0.349 e. The Morgan fingerprint density at radius 1 is 1.11 bits per heavy atom. The summed E-state index contributed by atoms with van der Waals surface area (Å²) >= 11 is 0. The van der Waals surface area contributed by atoms with Gasteiger partial charge in [0.2, 0.25) is 0 Å². The average Bonchev–Trinajstić information content (AvgIpc) is 2.98. The number of benzene rings is 2. The smallest absolute Gasteiger partial charge is 0.251 e. The Morgan fingerprint density at radius 2 is 1.93 bits per heavy atom. The molecule has 140 valence electrons. The van der Waals surface area contributed by atoms with Crippen molar-refractivity contribution >= 4 is 16.9 Å². The zero-order valence-corrected chi connectivity index (χ0v) is 16.3. The molecule has 1 fully saturated rings. The highest BCUT2D eigenvalue weighted by molar-refractivity contribution is 5.97. The molecular weight excluding hydrogens is 334 g/mol. The molecule has 0 bridgehead atoms. The lowest BCUT2D eigenvalue weighted by Crippen LogP contribution is -2.41. The molecular formula is C23H27N3O. The van der Waals surface area contributed by atoms with E-state index in [0.29, 0.717) is 11.5 Å². The molecule has 27 heavy (non-hydrogen) atoms. The van der Waals surface area contributed by atoms with Gasteiger partial charge < -0.3 is 5.32 Å². The van der Waals surface area contributed by atoms with Crippen LogP contribution in [-0.4, -0.2) is 21.5 Å². The van der Waals surface area contributed by atoms with Crippen molar-refractivity contribution in [1.29, 1.82) is 0 Å². The summed E-state index contributed by atoms with van der Waals surface area (Å²) in [5.41, 5.74) is 4.89. The third kappa shape index (κ3) is 3.48. The predicted molar refractivity (Wildman–Crippen MR) is 109 cm³/mol. The van der Waals surface area contributed by atoms with Crippen molar-refractivity contribution in [2.45, 2.75) is 52.5 Å². The fourth-order valence-corrected chi connectivity index (χ4v) is 4.22. The molecule has 1 amide bonds. The maximum atomic E-state index is 12.8. The normalized spacial score (nSPS) is 20.0. The van der Waals surface area contributed by atoms with Crippen molar-refractivity contribution in [2.75, 3.05) is 0 Å². The molecule has 0 aliphatic heterocycles. The van der Waals surface area contributed by atoms with Gasteiger partial charge in [0.05, 0.1) is 11.0 Å². The van der Waals surface area contributed by atoms with Crippen LogP contribution in [0.15, 0.2) is 42.5 Å². The number of nitrogens with one attached hydrogen (secondary N) is 1. The van der Waals surface area contributed by atoms with Crippen molar-refractivity contribution in [3.63, 3.8) is 0 Å². The van der Waals surface area contributed by atoms with E-state index in [2.05, 4.69) is 48.0 Å². The fourth-order valence-electron chi connectivity index (χ4n) is 4.22. The lowest BCUT2D eigenvalue weighted by atomic mass is 9.86. The first-order valence-corrected chi connectivity index (χ1v) is 9.90. The molecule has 1 N–H and O–H groups in total. The Morgan fingerprint density at radius 3 is 2.70 bits per heavy atom. The minimum absolute atomic E-state index is 0.0124. The summed E-state index contributed by atoms with van der Waals surface area (Å²) in [6.45, 7) is 6.33. The predicted octanol–water partition coefficient (Wildman–Crippen LogP) is 4.95. The topological polar surface area (TPSA) is 46.9 Å². The molecule has 0 unspecified atom stereocenters. The summed E-state index contributed by atoms with van der Waals surface area (Å²) < 4.78 is 2.15. The quantitative estimate of drug-likeness (QED) is 0.717. The summed E-state index contributed by atoms with van der Waals surface area (Å²) in [6, 6.07) is 14.5. The van der Waals surface area contributed by atoms with E-state index in [4.69, 9.17) is 4.98 Å². The number of hydrogen-bond donors (Lipinski definition) is 1. The standard InChI is InChI=1S/C23H27N3O/c1-15-7-6-9-19(13-15)26-17(3)24-21-14-18(11-12-22(21)26)23(27)25-20-10-5-4-8-16(20)2/h6-7,9,11-14,16,20H,4-5,8,10H2,1-3H3,(H,25,27)/t16-,20-/m1/s1. The number of nitrogens with zero attached hydrogens (tertiary/aromatic N) is 2. The van der Waals surface area contributed by atoms with Crippen LogP contribution in [-0.2, 0) is 0 Å². The van der Waals surface area contributed by atoms with Gasteiger partial charge in [0.25, 0.3) is 5.91 Å². The first-order valence-electron chi connectivity index (χ1n) is 9.90. The number of carbonyl (C=O) groups is 1. The van der Waals surface area contributed by atoms with Gasteiger partial charge in [-0.2, -0.15) is 0 Å². The highest BCUT2D eigenvalue weighted by atomic mass is 16.1.